The van der Waals surface area contributed by atoms with Crippen molar-refractivity contribution in [1.29, 1.82) is 0 Å². The lowest BCUT2D eigenvalue weighted by Gasteiger charge is -2.12. The SMILES string of the molecule is O=C(O)CC(C(=O)c1cccc(Br)c1)c1cccs1. The molecule has 0 aliphatic heterocycles. The summed E-state index contributed by atoms with van der Waals surface area (Å²) in [5, 5.41) is 10.8. The molecule has 2 aromatic rings. The van der Waals surface area contributed by atoms with Crippen LogP contribution in [0, 0.1) is 0 Å². The van der Waals surface area contributed by atoms with Crippen LogP contribution in [0.15, 0.2) is 46.3 Å². The molecule has 1 unspecified atom stereocenters. The normalized spacial score (nSPS) is 12.1. The summed E-state index contributed by atoms with van der Waals surface area (Å²) in [7, 11) is 0. The summed E-state index contributed by atoms with van der Waals surface area (Å²) in [6.07, 6.45) is -0.189. The maximum absolute atomic E-state index is 12.5. The van der Waals surface area contributed by atoms with E-state index in [-0.39, 0.29) is 12.2 Å². The minimum absolute atomic E-state index is 0.161. The summed E-state index contributed by atoms with van der Waals surface area (Å²) in [5.41, 5.74) is 0.522. The lowest BCUT2D eigenvalue weighted by Crippen LogP contribution is -2.16. The van der Waals surface area contributed by atoms with Crippen LogP contribution in [0.2, 0.25) is 0 Å². The van der Waals surface area contributed by atoms with Crippen molar-refractivity contribution in [3.05, 3.63) is 56.7 Å². The fourth-order valence-corrected chi connectivity index (χ4v) is 3.05. The molecule has 0 fully saturated rings. The second-order valence-electron chi connectivity index (χ2n) is 4.04. The van der Waals surface area contributed by atoms with Crippen LogP contribution >= 0.6 is 27.3 Å². The summed E-state index contributed by atoms with van der Waals surface area (Å²) < 4.78 is 0.804. The molecule has 0 spiro atoms. The van der Waals surface area contributed by atoms with Gasteiger partial charge in [0.15, 0.2) is 5.78 Å². The van der Waals surface area contributed by atoms with Gasteiger partial charge in [-0.3, -0.25) is 9.59 Å². The van der Waals surface area contributed by atoms with Crippen molar-refractivity contribution in [2.45, 2.75) is 12.3 Å². The minimum Gasteiger partial charge on any atom is -0.481 e. The topological polar surface area (TPSA) is 54.4 Å². The van der Waals surface area contributed by atoms with E-state index in [9.17, 15) is 9.59 Å². The summed E-state index contributed by atoms with van der Waals surface area (Å²) >= 11 is 4.72. The van der Waals surface area contributed by atoms with Crippen molar-refractivity contribution in [2.24, 2.45) is 0 Å². The van der Waals surface area contributed by atoms with E-state index in [1.165, 1.54) is 11.3 Å². The highest BCUT2D eigenvalue weighted by Gasteiger charge is 2.25. The van der Waals surface area contributed by atoms with E-state index < -0.39 is 11.9 Å². The van der Waals surface area contributed by atoms with Gasteiger partial charge < -0.3 is 5.11 Å². The van der Waals surface area contributed by atoms with Crippen molar-refractivity contribution >= 4 is 39.0 Å². The van der Waals surface area contributed by atoms with Crippen molar-refractivity contribution in [1.82, 2.24) is 0 Å². The van der Waals surface area contributed by atoms with E-state index >= 15 is 0 Å². The third kappa shape index (κ3) is 3.52. The Kier molecular flexibility index (Phi) is 4.50. The zero-order valence-electron chi connectivity index (χ0n) is 9.88. The van der Waals surface area contributed by atoms with Gasteiger partial charge in [-0.05, 0) is 23.6 Å². The molecule has 0 amide bonds. The molecule has 1 heterocycles. The van der Waals surface area contributed by atoms with E-state index in [0.29, 0.717) is 5.56 Å². The van der Waals surface area contributed by atoms with Crippen LogP contribution in [0.4, 0.5) is 0 Å². The van der Waals surface area contributed by atoms with Gasteiger partial charge in [0.1, 0.15) is 0 Å². The molecule has 1 aromatic heterocycles. The first-order chi connectivity index (χ1) is 9.08. The number of carboxylic acids is 1. The Hall–Kier alpha value is -1.46. The Bertz CT molecular complexity index is 592. The molecule has 98 valence electrons. The molecule has 0 saturated carbocycles. The number of carboxylic acid groups (broad SMARTS) is 1. The van der Waals surface area contributed by atoms with Crippen LogP contribution in [0.3, 0.4) is 0 Å². The summed E-state index contributed by atoms with van der Waals surface area (Å²) in [6, 6.07) is 10.6. The van der Waals surface area contributed by atoms with Gasteiger partial charge in [0.2, 0.25) is 0 Å². The van der Waals surface area contributed by atoms with E-state index in [0.717, 1.165) is 9.35 Å². The Morgan fingerprint density at radius 1 is 1.26 bits per heavy atom. The van der Waals surface area contributed by atoms with Gasteiger partial charge in [0.05, 0.1) is 12.3 Å². The average Bonchev–Trinajstić information content (AvgIpc) is 2.88. The van der Waals surface area contributed by atoms with Crippen LogP contribution in [-0.4, -0.2) is 16.9 Å². The highest BCUT2D eigenvalue weighted by Crippen LogP contribution is 2.29. The lowest BCUT2D eigenvalue weighted by atomic mass is 9.93. The van der Waals surface area contributed by atoms with E-state index in [2.05, 4.69) is 15.9 Å². The van der Waals surface area contributed by atoms with Gasteiger partial charge in [0, 0.05) is 14.9 Å². The quantitative estimate of drug-likeness (QED) is 0.839. The monoisotopic (exact) mass is 338 g/mol. The van der Waals surface area contributed by atoms with Crippen LogP contribution in [0.1, 0.15) is 27.6 Å². The number of thiophene rings is 1. The average molecular weight is 339 g/mol. The molecule has 5 heteroatoms. The second kappa shape index (κ2) is 6.12. The molecule has 1 aromatic carbocycles. The Morgan fingerprint density at radius 3 is 2.63 bits per heavy atom. The maximum Gasteiger partial charge on any atom is 0.304 e. The first kappa shape index (κ1) is 14.0. The smallest absolute Gasteiger partial charge is 0.304 e. The van der Waals surface area contributed by atoms with E-state index in [4.69, 9.17) is 5.11 Å². The molecule has 3 nitrogen and oxygen atoms in total. The number of rotatable bonds is 5. The summed E-state index contributed by atoms with van der Waals surface area (Å²) in [4.78, 5) is 24.2. The lowest BCUT2D eigenvalue weighted by molar-refractivity contribution is -0.137. The van der Waals surface area contributed by atoms with Crippen molar-refractivity contribution in [3.63, 3.8) is 0 Å². The zero-order valence-corrected chi connectivity index (χ0v) is 12.3. The first-order valence-electron chi connectivity index (χ1n) is 5.63. The van der Waals surface area contributed by atoms with Crippen molar-refractivity contribution in [3.8, 4) is 0 Å². The second-order valence-corrected chi connectivity index (χ2v) is 5.94. The highest BCUT2D eigenvalue weighted by molar-refractivity contribution is 9.10. The van der Waals surface area contributed by atoms with Crippen LogP contribution < -0.4 is 0 Å². The van der Waals surface area contributed by atoms with Crippen molar-refractivity contribution < 1.29 is 14.7 Å². The molecule has 0 bridgehead atoms. The number of Topliss-reactive ketones (excluding diaryl/α,β-unsaturated/α-hetero) is 1. The first-order valence-corrected chi connectivity index (χ1v) is 7.30. The van der Waals surface area contributed by atoms with Gasteiger partial charge >= 0.3 is 5.97 Å². The number of carbonyl (C=O) groups excluding carboxylic acids is 1. The molecule has 2 rings (SSSR count). The molecule has 0 radical (unpaired) electrons. The van der Waals surface area contributed by atoms with Gasteiger partial charge in [-0.2, -0.15) is 0 Å². The number of aliphatic carboxylic acids is 1. The third-order valence-electron chi connectivity index (χ3n) is 2.69. The molecule has 0 aliphatic carbocycles. The molecule has 0 saturated heterocycles. The Balaban J connectivity index is 2.33. The zero-order chi connectivity index (χ0) is 13.8. The van der Waals surface area contributed by atoms with Gasteiger partial charge in [-0.25, -0.2) is 0 Å². The standard InChI is InChI=1S/C14H11BrO3S/c15-10-4-1-3-9(7-10)14(18)11(8-13(16)17)12-5-2-6-19-12/h1-7,11H,8H2,(H,16,17). The predicted molar refractivity (Wildman–Crippen MR) is 77.8 cm³/mol. The molecule has 1 atom stereocenters. The summed E-state index contributed by atoms with van der Waals surface area (Å²) in [5.74, 6) is -1.75. The molecule has 0 aliphatic rings. The number of hydrogen-bond donors (Lipinski definition) is 1. The largest absolute Gasteiger partial charge is 0.481 e. The van der Waals surface area contributed by atoms with Gasteiger partial charge in [0.25, 0.3) is 0 Å². The number of ketones is 1. The number of benzene rings is 1. The molecule has 1 N–H and O–H groups in total. The van der Waals surface area contributed by atoms with Crippen LogP contribution in [0.25, 0.3) is 0 Å². The predicted octanol–water partition coefficient (Wildman–Crippen LogP) is 3.95. The number of halogens is 1. The number of hydrogen-bond acceptors (Lipinski definition) is 3. The summed E-state index contributed by atoms with van der Waals surface area (Å²) in [6.45, 7) is 0. The van der Waals surface area contributed by atoms with Crippen LogP contribution in [-0.2, 0) is 4.79 Å². The third-order valence-corrected chi connectivity index (χ3v) is 4.17. The Labute approximate surface area is 123 Å². The van der Waals surface area contributed by atoms with Gasteiger partial charge in [-0.15, -0.1) is 11.3 Å². The van der Waals surface area contributed by atoms with E-state index in [1.54, 1.807) is 24.3 Å². The molecule has 19 heavy (non-hydrogen) atoms. The number of carbonyl (C=O) groups is 2. The molecular formula is C14H11BrO3S. The fourth-order valence-electron chi connectivity index (χ4n) is 1.83. The highest BCUT2D eigenvalue weighted by atomic mass is 79.9. The van der Waals surface area contributed by atoms with E-state index in [1.807, 2.05) is 17.5 Å². The van der Waals surface area contributed by atoms with Crippen molar-refractivity contribution in [2.75, 3.05) is 0 Å². The Morgan fingerprint density at radius 2 is 2.05 bits per heavy atom. The maximum atomic E-state index is 12.5. The van der Waals surface area contributed by atoms with Crippen LogP contribution in [0.5, 0.6) is 0 Å². The molecular weight excluding hydrogens is 328 g/mol. The fraction of sp³-hybridized carbons (Fsp3) is 0.143. The van der Waals surface area contributed by atoms with Gasteiger partial charge in [-0.1, -0.05) is 34.1 Å². The minimum atomic E-state index is -0.971.